The van der Waals surface area contributed by atoms with Crippen LogP contribution in [0.15, 0.2) is 0 Å². The van der Waals surface area contributed by atoms with Gasteiger partial charge in [0.05, 0.1) is 6.61 Å². The summed E-state index contributed by atoms with van der Waals surface area (Å²) in [4.78, 5) is 2.45. The molecule has 15 heavy (non-hydrogen) atoms. The molecule has 0 radical (unpaired) electrons. The largest absolute Gasteiger partial charge is 0.380 e. The van der Waals surface area contributed by atoms with Crippen LogP contribution in [0.3, 0.4) is 0 Å². The number of alkyl halides is 1. The number of halogens is 1. The summed E-state index contributed by atoms with van der Waals surface area (Å²) in [7, 11) is 0. The first-order valence-electron chi connectivity index (χ1n) is 6.12. The molecule has 0 aromatic rings. The van der Waals surface area contributed by atoms with Crippen LogP contribution in [0.5, 0.6) is 0 Å². The number of ether oxygens (including phenoxy) is 1. The van der Waals surface area contributed by atoms with E-state index in [2.05, 4.69) is 18.7 Å². The fourth-order valence-electron chi connectivity index (χ4n) is 1.74. The van der Waals surface area contributed by atoms with Crippen LogP contribution in [0.25, 0.3) is 0 Å². The molecular weight excluding hydrogens is 210 g/mol. The van der Waals surface area contributed by atoms with Crippen molar-refractivity contribution in [2.24, 2.45) is 5.92 Å². The van der Waals surface area contributed by atoms with Crippen LogP contribution in [0.4, 0.5) is 0 Å². The molecule has 0 aromatic heterocycles. The first kappa shape index (κ1) is 13.3. The number of hydrogen-bond acceptors (Lipinski definition) is 2. The molecule has 0 N–H and O–H groups in total. The zero-order valence-corrected chi connectivity index (χ0v) is 10.8. The molecule has 0 amide bonds. The molecule has 1 heterocycles. The fourth-order valence-corrected chi connectivity index (χ4v) is 1.93. The van der Waals surface area contributed by atoms with Gasteiger partial charge in [-0.15, -0.1) is 11.6 Å². The van der Waals surface area contributed by atoms with E-state index in [-0.39, 0.29) is 0 Å². The minimum Gasteiger partial charge on any atom is -0.380 e. The van der Waals surface area contributed by atoms with Crippen LogP contribution in [0, 0.1) is 5.92 Å². The van der Waals surface area contributed by atoms with Gasteiger partial charge in [-0.3, -0.25) is 0 Å². The molecular formula is C12H24ClNO. The van der Waals surface area contributed by atoms with Gasteiger partial charge >= 0.3 is 0 Å². The van der Waals surface area contributed by atoms with E-state index in [1.54, 1.807) is 0 Å². The molecule has 0 aromatic carbocycles. The van der Waals surface area contributed by atoms with E-state index in [9.17, 15) is 0 Å². The van der Waals surface area contributed by atoms with E-state index in [1.807, 2.05) is 0 Å². The summed E-state index contributed by atoms with van der Waals surface area (Å²) in [5.74, 6) is 0.747. The minimum atomic E-state index is 0.406. The first-order valence-corrected chi connectivity index (χ1v) is 6.56. The molecule has 1 aliphatic rings. The van der Waals surface area contributed by atoms with Crippen molar-refractivity contribution < 1.29 is 4.74 Å². The normalized spacial score (nSPS) is 20.0. The van der Waals surface area contributed by atoms with Gasteiger partial charge in [-0.2, -0.15) is 0 Å². The summed E-state index contributed by atoms with van der Waals surface area (Å²) in [6, 6.07) is 0. The summed E-state index contributed by atoms with van der Waals surface area (Å²) < 4.78 is 5.60. The summed E-state index contributed by atoms with van der Waals surface area (Å²) in [5.41, 5.74) is 0. The fraction of sp³-hybridized carbons (Fsp3) is 1.00. The number of likely N-dealkylation sites (tertiary alicyclic amines) is 1. The third kappa shape index (κ3) is 6.39. The number of piperidine rings is 1. The van der Waals surface area contributed by atoms with Crippen LogP contribution in [0.1, 0.15) is 33.1 Å². The number of nitrogens with zero attached hydrogens (tertiary/aromatic N) is 1. The SMILES string of the molecule is CC(C)CCOCCN1CCC(Cl)CC1. The molecule has 0 saturated carbocycles. The van der Waals surface area contributed by atoms with Gasteiger partial charge < -0.3 is 9.64 Å². The Morgan fingerprint density at radius 2 is 1.93 bits per heavy atom. The van der Waals surface area contributed by atoms with Gasteiger partial charge in [0.15, 0.2) is 0 Å². The smallest absolute Gasteiger partial charge is 0.0593 e. The monoisotopic (exact) mass is 233 g/mol. The first-order chi connectivity index (χ1) is 7.18. The average Bonchev–Trinajstić information content (AvgIpc) is 2.20. The molecule has 1 aliphatic heterocycles. The van der Waals surface area contributed by atoms with Gasteiger partial charge in [0, 0.05) is 18.5 Å². The second-order valence-corrected chi connectivity index (χ2v) is 5.43. The third-order valence-electron chi connectivity index (χ3n) is 2.91. The number of hydrogen-bond donors (Lipinski definition) is 0. The molecule has 1 fully saturated rings. The average molecular weight is 234 g/mol. The Labute approximate surface area is 98.9 Å². The Morgan fingerprint density at radius 1 is 1.27 bits per heavy atom. The van der Waals surface area contributed by atoms with Crippen molar-refractivity contribution in [2.45, 2.75) is 38.5 Å². The maximum Gasteiger partial charge on any atom is 0.0593 e. The molecule has 90 valence electrons. The van der Waals surface area contributed by atoms with Gasteiger partial charge in [0.25, 0.3) is 0 Å². The molecule has 1 saturated heterocycles. The molecule has 0 aliphatic carbocycles. The summed E-state index contributed by atoms with van der Waals surface area (Å²) >= 11 is 6.04. The lowest BCUT2D eigenvalue weighted by Crippen LogP contribution is -2.36. The minimum absolute atomic E-state index is 0.406. The summed E-state index contributed by atoms with van der Waals surface area (Å²) in [6.07, 6.45) is 3.44. The molecule has 2 nitrogen and oxygen atoms in total. The van der Waals surface area contributed by atoms with Gasteiger partial charge in [-0.05, 0) is 38.3 Å². The van der Waals surface area contributed by atoms with Gasteiger partial charge in [0.2, 0.25) is 0 Å². The molecule has 0 atom stereocenters. The lowest BCUT2D eigenvalue weighted by Gasteiger charge is -2.28. The Hall–Kier alpha value is 0.210. The molecule has 0 unspecified atom stereocenters. The lowest BCUT2D eigenvalue weighted by atomic mass is 10.1. The van der Waals surface area contributed by atoms with Crippen LogP contribution in [0.2, 0.25) is 0 Å². The zero-order chi connectivity index (χ0) is 11.1. The third-order valence-corrected chi connectivity index (χ3v) is 3.34. The molecule has 0 spiro atoms. The Balaban J connectivity index is 1.91. The number of rotatable bonds is 6. The van der Waals surface area contributed by atoms with Crippen LogP contribution < -0.4 is 0 Å². The van der Waals surface area contributed by atoms with Crippen LogP contribution in [-0.2, 0) is 4.74 Å². The van der Waals surface area contributed by atoms with E-state index in [0.29, 0.717) is 5.38 Å². The van der Waals surface area contributed by atoms with Crippen LogP contribution >= 0.6 is 11.6 Å². The Kier molecular flexibility index (Phi) is 6.62. The summed E-state index contributed by atoms with van der Waals surface area (Å²) in [5, 5.41) is 0.406. The quantitative estimate of drug-likeness (QED) is 0.517. The summed E-state index contributed by atoms with van der Waals surface area (Å²) in [6.45, 7) is 9.59. The van der Waals surface area contributed by atoms with Gasteiger partial charge in [0.1, 0.15) is 0 Å². The predicted molar refractivity (Wildman–Crippen MR) is 65.6 cm³/mol. The highest BCUT2D eigenvalue weighted by Crippen LogP contribution is 2.14. The van der Waals surface area contributed by atoms with E-state index >= 15 is 0 Å². The second-order valence-electron chi connectivity index (χ2n) is 4.81. The Bertz CT molecular complexity index is 156. The zero-order valence-electron chi connectivity index (χ0n) is 10.0. The van der Waals surface area contributed by atoms with E-state index in [4.69, 9.17) is 16.3 Å². The standard InChI is InChI=1S/C12H24ClNO/c1-11(2)5-9-15-10-8-14-6-3-12(13)4-7-14/h11-12H,3-10H2,1-2H3. The topological polar surface area (TPSA) is 12.5 Å². The highest BCUT2D eigenvalue weighted by molar-refractivity contribution is 6.20. The van der Waals surface area contributed by atoms with E-state index < -0.39 is 0 Å². The lowest BCUT2D eigenvalue weighted by molar-refractivity contribution is 0.0902. The van der Waals surface area contributed by atoms with Crippen molar-refractivity contribution in [1.29, 1.82) is 0 Å². The van der Waals surface area contributed by atoms with Crippen LogP contribution in [-0.4, -0.2) is 43.1 Å². The van der Waals surface area contributed by atoms with E-state index in [0.717, 1.165) is 51.6 Å². The second kappa shape index (κ2) is 7.48. The maximum absolute atomic E-state index is 6.04. The van der Waals surface area contributed by atoms with Crippen molar-refractivity contribution in [2.75, 3.05) is 32.8 Å². The van der Waals surface area contributed by atoms with Gasteiger partial charge in [-0.1, -0.05) is 13.8 Å². The molecule has 1 rings (SSSR count). The van der Waals surface area contributed by atoms with Crippen molar-refractivity contribution in [3.8, 4) is 0 Å². The Morgan fingerprint density at radius 3 is 2.53 bits per heavy atom. The highest BCUT2D eigenvalue weighted by Gasteiger charge is 2.16. The van der Waals surface area contributed by atoms with Crippen molar-refractivity contribution in [1.82, 2.24) is 4.90 Å². The van der Waals surface area contributed by atoms with Crippen molar-refractivity contribution >= 4 is 11.6 Å². The highest BCUT2D eigenvalue weighted by atomic mass is 35.5. The predicted octanol–water partition coefficient (Wildman–Crippen LogP) is 2.75. The van der Waals surface area contributed by atoms with Crippen molar-refractivity contribution in [3.05, 3.63) is 0 Å². The van der Waals surface area contributed by atoms with E-state index in [1.165, 1.54) is 6.42 Å². The maximum atomic E-state index is 6.04. The molecule has 3 heteroatoms. The van der Waals surface area contributed by atoms with Crippen molar-refractivity contribution in [3.63, 3.8) is 0 Å². The molecule has 0 bridgehead atoms. The van der Waals surface area contributed by atoms with Gasteiger partial charge in [-0.25, -0.2) is 0 Å².